The predicted octanol–water partition coefficient (Wildman–Crippen LogP) is 1.24. The number of halogens is 1. The maximum absolute atomic E-state index is 12.9. The van der Waals surface area contributed by atoms with Crippen molar-refractivity contribution in [1.82, 2.24) is 15.5 Å². The summed E-state index contributed by atoms with van der Waals surface area (Å²) in [6.07, 6.45) is 0.189. The second kappa shape index (κ2) is 5.83. The Kier molecular flexibility index (Phi) is 3.85. The second-order valence-corrected chi connectivity index (χ2v) is 5.63. The lowest BCUT2D eigenvalue weighted by Gasteiger charge is -2.38. The molecule has 0 radical (unpaired) electrons. The van der Waals surface area contributed by atoms with Gasteiger partial charge in [0.15, 0.2) is 0 Å². The molecule has 1 aliphatic heterocycles. The standard InChI is InChI=1S/C16H17FN4O2/c1-9-13(10(2)20-19-9)7-15(22)18-14-8-21(16(14)23)12-5-3-11(17)4-6-12/h3-6,14H,7-8H2,1-2H3,(H,18,22)(H,19,20)/t14-/m0/s1. The van der Waals surface area contributed by atoms with Crippen molar-refractivity contribution in [2.24, 2.45) is 0 Å². The van der Waals surface area contributed by atoms with Crippen LogP contribution in [0.4, 0.5) is 10.1 Å². The number of hydrogen-bond donors (Lipinski definition) is 2. The molecule has 2 heterocycles. The lowest BCUT2D eigenvalue weighted by molar-refractivity contribution is -0.130. The van der Waals surface area contributed by atoms with E-state index in [1.165, 1.54) is 17.0 Å². The van der Waals surface area contributed by atoms with E-state index in [9.17, 15) is 14.0 Å². The average molecular weight is 316 g/mol. The Morgan fingerprint density at radius 2 is 2.09 bits per heavy atom. The van der Waals surface area contributed by atoms with E-state index in [0.29, 0.717) is 12.2 Å². The molecule has 0 saturated carbocycles. The van der Waals surface area contributed by atoms with Crippen molar-refractivity contribution in [3.63, 3.8) is 0 Å². The largest absolute Gasteiger partial charge is 0.342 e. The summed E-state index contributed by atoms with van der Waals surface area (Å²) in [7, 11) is 0. The van der Waals surface area contributed by atoms with Gasteiger partial charge in [-0.05, 0) is 38.1 Å². The van der Waals surface area contributed by atoms with E-state index >= 15 is 0 Å². The number of aryl methyl sites for hydroxylation is 2. The van der Waals surface area contributed by atoms with Gasteiger partial charge < -0.3 is 10.2 Å². The predicted molar refractivity (Wildman–Crippen MR) is 82.4 cm³/mol. The van der Waals surface area contributed by atoms with E-state index in [4.69, 9.17) is 0 Å². The smallest absolute Gasteiger partial charge is 0.251 e. The van der Waals surface area contributed by atoms with Gasteiger partial charge in [0, 0.05) is 16.9 Å². The van der Waals surface area contributed by atoms with Crippen LogP contribution in [-0.4, -0.2) is 34.6 Å². The molecule has 2 N–H and O–H groups in total. The third-order valence-electron chi connectivity index (χ3n) is 4.02. The van der Waals surface area contributed by atoms with Crippen molar-refractivity contribution in [2.45, 2.75) is 26.3 Å². The van der Waals surface area contributed by atoms with Crippen molar-refractivity contribution in [3.8, 4) is 0 Å². The molecule has 6 nitrogen and oxygen atoms in total. The Labute approximate surface area is 132 Å². The molecule has 1 aliphatic rings. The molecule has 0 bridgehead atoms. The van der Waals surface area contributed by atoms with Crippen LogP contribution in [0.5, 0.6) is 0 Å². The van der Waals surface area contributed by atoms with Crippen molar-refractivity contribution in [1.29, 1.82) is 0 Å². The van der Waals surface area contributed by atoms with Crippen LogP contribution in [0.2, 0.25) is 0 Å². The first kappa shape index (κ1) is 15.2. The minimum absolute atomic E-state index is 0.189. The molecule has 120 valence electrons. The van der Waals surface area contributed by atoms with Crippen LogP contribution in [0.25, 0.3) is 0 Å². The van der Waals surface area contributed by atoms with E-state index in [0.717, 1.165) is 17.0 Å². The molecule has 2 aromatic rings. The number of H-pyrrole nitrogens is 1. The fourth-order valence-corrected chi connectivity index (χ4v) is 2.63. The lowest BCUT2D eigenvalue weighted by atomic mass is 10.0. The fourth-order valence-electron chi connectivity index (χ4n) is 2.63. The van der Waals surface area contributed by atoms with Crippen molar-refractivity contribution in [3.05, 3.63) is 47.0 Å². The molecule has 3 rings (SSSR count). The number of amides is 2. The lowest BCUT2D eigenvalue weighted by Crippen LogP contribution is -2.64. The van der Waals surface area contributed by atoms with Crippen LogP contribution in [0.15, 0.2) is 24.3 Å². The normalized spacial score (nSPS) is 17.1. The first-order valence-electron chi connectivity index (χ1n) is 7.32. The molecule has 0 spiro atoms. The van der Waals surface area contributed by atoms with Crippen molar-refractivity contribution in [2.75, 3.05) is 11.4 Å². The van der Waals surface area contributed by atoms with Gasteiger partial charge in [-0.1, -0.05) is 0 Å². The van der Waals surface area contributed by atoms with Gasteiger partial charge in [-0.15, -0.1) is 0 Å². The molecule has 1 saturated heterocycles. The fraction of sp³-hybridized carbons (Fsp3) is 0.312. The van der Waals surface area contributed by atoms with Crippen molar-refractivity contribution < 1.29 is 14.0 Å². The molecule has 2 amide bonds. The Balaban J connectivity index is 1.57. The number of hydrogen-bond acceptors (Lipinski definition) is 3. The summed E-state index contributed by atoms with van der Waals surface area (Å²) in [4.78, 5) is 25.7. The molecule has 1 fully saturated rings. The maximum atomic E-state index is 12.9. The number of carbonyl (C=O) groups is 2. The molecular formula is C16H17FN4O2. The highest BCUT2D eigenvalue weighted by Gasteiger charge is 2.38. The number of anilines is 1. The highest BCUT2D eigenvalue weighted by molar-refractivity contribution is 6.05. The highest BCUT2D eigenvalue weighted by Crippen LogP contribution is 2.22. The van der Waals surface area contributed by atoms with E-state index in [-0.39, 0.29) is 24.1 Å². The van der Waals surface area contributed by atoms with Gasteiger partial charge in [0.1, 0.15) is 11.9 Å². The molecular weight excluding hydrogens is 299 g/mol. The number of nitrogens with zero attached hydrogens (tertiary/aromatic N) is 2. The quantitative estimate of drug-likeness (QED) is 0.833. The molecule has 1 aromatic heterocycles. The summed E-state index contributed by atoms with van der Waals surface area (Å²) in [6, 6.07) is 5.17. The van der Waals surface area contributed by atoms with Gasteiger partial charge >= 0.3 is 0 Å². The number of carbonyl (C=O) groups excluding carboxylic acids is 2. The summed E-state index contributed by atoms with van der Waals surface area (Å²) in [5.74, 6) is -0.752. The Bertz CT molecular complexity index is 734. The van der Waals surface area contributed by atoms with E-state index < -0.39 is 6.04 Å². The first-order chi connectivity index (χ1) is 11.0. The topological polar surface area (TPSA) is 78.1 Å². The highest BCUT2D eigenvalue weighted by atomic mass is 19.1. The van der Waals surface area contributed by atoms with Gasteiger partial charge in [-0.2, -0.15) is 5.10 Å². The van der Waals surface area contributed by atoms with Crippen LogP contribution in [0.1, 0.15) is 17.0 Å². The molecule has 23 heavy (non-hydrogen) atoms. The first-order valence-corrected chi connectivity index (χ1v) is 7.32. The molecule has 7 heteroatoms. The van der Waals surface area contributed by atoms with E-state index in [1.807, 2.05) is 13.8 Å². The molecule has 0 aliphatic carbocycles. The Morgan fingerprint density at radius 1 is 1.39 bits per heavy atom. The van der Waals surface area contributed by atoms with Crippen LogP contribution in [-0.2, 0) is 16.0 Å². The van der Waals surface area contributed by atoms with Gasteiger partial charge in [0.05, 0.1) is 18.7 Å². The minimum atomic E-state index is -0.528. The average Bonchev–Trinajstić information content (AvgIpc) is 2.84. The number of nitrogens with one attached hydrogen (secondary N) is 2. The van der Waals surface area contributed by atoms with Crippen molar-refractivity contribution >= 4 is 17.5 Å². The third-order valence-corrected chi connectivity index (χ3v) is 4.02. The maximum Gasteiger partial charge on any atom is 0.251 e. The van der Waals surface area contributed by atoms with Crippen LogP contribution < -0.4 is 10.2 Å². The third kappa shape index (κ3) is 2.94. The Morgan fingerprint density at radius 3 is 2.65 bits per heavy atom. The van der Waals surface area contributed by atoms with Gasteiger partial charge in [0.2, 0.25) is 5.91 Å². The zero-order valence-electron chi connectivity index (χ0n) is 12.9. The number of benzene rings is 1. The number of rotatable bonds is 4. The van der Waals surface area contributed by atoms with E-state index in [2.05, 4.69) is 15.5 Å². The van der Waals surface area contributed by atoms with Crippen LogP contribution >= 0.6 is 0 Å². The second-order valence-electron chi connectivity index (χ2n) is 5.63. The molecule has 1 aromatic carbocycles. The summed E-state index contributed by atoms with van der Waals surface area (Å²) in [6.45, 7) is 4.07. The Hall–Kier alpha value is -2.70. The minimum Gasteiger partial charge on any atom is -0.342 e. The summed E-state index contributed by atoms with van der Waals surface area (Å²) < 4.78 is 12.9. The monoisotopic (exact) mass is 316 g/mol. The SMILES string of the molecule is Cc1n[nH]c(C)c1CC(=O)N[C@H]1CN(c2ccc(F)cc2)C1=O. The molecule has 1 atom stereocenters. The van der Waals surface area contributed by atoms with Gasteiger partial charge in [-0.3, -0.25) is 14.7 Å². The summed E-state index contributed by atoms with van der Waals surface area (Å²) >= 11 is 0. The number of β-lactam (4-membered cyclic amide) rings is 1. The molecule has 0 unspecified atom stereocenters. The van der Waals surface area contributed by atoms with Gasteiger partial charge in [-0.25, -0.2) is 4.39 Å². The van der Waals surface area contributed by atoms with Crippen LogP contribution in [0.3, 0.4) is 0 Å². The number of aromatic nitrogens is 2. The number of aromatic amines is 1. The zero-order valence-corrected chi connectivity index (χ0v) is 12.9. The van der Waals surface area contributed by atoms with Gasteiger partial charge in [0.25, 0.3) is 5.91 Å². The summed E-state index contributed by atoms with van der Waals surface area (Å²) in [5, 5.41) is 9.60. The van der Waals surface area contributed by atoms with Crippen LogP contribution in [0, 0.1) is 19.7 Å². The summed E-state index contributed by atoms with van der Waals surface area (Å²) in [5.41, 5.74) is 3.11. The zero-order chi connectivity index (χ0) is 16.6. The van der Waals surface area contributed by atoms with E-state index in [1.54, 1.807) is 12.1 Å².